The van der Waals surface area contributed by atoms with Crippen molar-refractivity contribution >= 4 is 34.1 Å². The molecule has 3 aromatic carbocycles. The average Bonchev–Trinajstić information content (AvgIpc) is 3.74. The van der Waals surface area contributed by atoms with E-state index >= 15 is 8.78 Å². The van der Waals surface area contributed by atoms with Crippen molar-refractivity contribution in [2.24, 2.45) is 11.1 Å². The lowest BCUT2D eigenvalue weighted by Crippen LogP contribution is -2.41. The lowest BCUT2D eigenvalue weighted by molar-refractivity contribution is -0.133. The third-order valence-corrected chi connectivity index (χ3v) is 6.58. The van der Waals surface area contributed by atoms with Gasteiger partial charge in [-0.25, -0.2) is 13.2 Å². The Labute approximate surface area is 220 Å². The van der Waals surface area contributed by atoms with Gasteiger partial charge in [0, 0.05) is 35.5 Å². The summed E-state index contributed by atoms with van der Waals surface area (Å²) in [6, 6.07) is 11.1. The van der Waals surface area contributed by atoms with Gasteiger partial charge in [0.15, 0.2) is 28.9 Å². The van der Waals surface area contributed by atoms with Gasteiger partial charge in [0.1, 0.15) is 17.0 Å². The maximum Gasteiger partial charge on any atom is 0.247 e. The zero-order chi connectivity index (χ0) is 27.9. The number of rotatable bonds is 8. The molecule has 0 aliphatic heterocycles. The Morgan fingerprint density at radius 3 is 2.05 bits per heavy atom. The molecule has 5 rings (SSSR count). The molecular weight excluding hydrogens is 515 g/mol. The molecule has 0 spiro atoms. The molecule has 0 unspecified atom stereocenters. The van der Waals surface area contributed by atoms with Crippen LogP contribution in [-0.2, 0) is 9.59 Å². The lowest BCUT2D eigenvalue weighted by atomic mass is 10.0. The van der Waals surface area contributed by atoms with E-state index in [4.69, 9.17) is 19.9 Å². The van der Waals surface area contributed by atoms with Crippen molar-refractivity contribution in [3.63, 3.8) is 0 Å². The smallest absolute Gasteiger partial charge is 0.247 e. The first-order valence-electron chi connectivity index (χ1n) is 11.8. The molecule has 1 aromatic heterocycles. The second kappa shape index (κ2) is 9.82. The summed E-state index contributed by atoms with van der Waals surface area (Å²) in [5.41, 5.74) is 4.26. The van der Waals surface area contributed by atoms with Crippen LogP contribution in [0.1, 0.15) is 12.8 Å². The van der Waals surface area contributed by atoms with Crippen LogP contribution in [0.4, 0.5) is 24.5 Å². The van der Waals surface area contributed by atoms with Gasteiger partial charge in [-0.05, 0) is 49.2 Å². The predicted octanol–water partition coefficient (Wildman–Crippen LogP) is 5.39. The molecule has 39 heavy (non-hydrogen) atoms. The van der Waals surface area contributed by atoms with Gasteiger partial charge in [-0.2, -0.15) is 0 Å². The van der Waals surface area contributed by atoms with Crippen LogP contribution in [0.3, 0.4) is 0 Å². The summed E-state index contributed by atoms with van der Waals surface area (Å²) in [7, 11) is 2.90. The highest BCUT2D eigenvalue weighted by atomic mass is 19.1. The van der Waals surface area contributed by atoms with E-state index in [2.05, 4.69) is 4.98 Å². The summed E-state index contributed by atoms with van der Waals surface area (Å²) < 4.78 is 60.7. The zero-order valence-electron chi connectivity index (χ0n) is 20.8. The van der Waals surface area contributed by atoms with Crippen molar-refractivity contribution in [3.05, 3.63) is 78.2 Å². The van der Waals surface area contributed by atoms with Crippen LogP contribution in [0.15, 0.2) is 60.8 Å². The molecule has 0 bridgehead atoms. The van der Waals surface area contributed by atoms with E-state index in [1.165, 1.54) is 38.6 Å². The van der Waals surface area contributed by atoms with E-state index in [9.17, 15) is 14.0 Å². The van der Waals surface area contributed by atoms with Gasteiger partial charge >= 0.3 is 0 Å². The Hall–Kier alpha value is -4.80. The molecule has 2 N–H and O–H groups in total. The van der Waals surface area contributed by atoms with Gasteiger partial charge in [-0.1, -0.05) is 0 Å². The number of nitrogens with zero attached hydrogens (tertiary/aromatic N) is 2. The van der Waals surface area contributed by atoms with Crippen molar-refractivity contribution in [3.8, 4) is 23.0 Å². The number of methoxy groups -OCH3 is 2. The number of carbonyl (C=O) groups is 2. The van der Waals surface area contributed by atoms with Crippen molar-refractivity contribution < 1.29 is 37.0 Å². The van der Waals surface area contributed by atoms with E-state index in [1.807, 2.05) is 0 Å². The van der Waals surface area contributed by atoms with Crippen LogP contribution >= 0.6 is 0 Å². The predicted molar refractivity (Wildman–Crippen MR) is 136 cm³/mol. The first-order valence-corrected chi connectivity index (χ1v) is 11.8. The standard InChI is InChI=1S/C28H22F3N3O5/c1-37-23-13-18-21(14-24(23)38-2)33-10-7-22(18)39-25-19(30)11-17(12-20(25)31)34(16-5-3-15(29)4-6-16)27(36)28(8-9-28)26(32)35/h3-7,10-14H,8-9H2,1-2H3,(H2,32,35). The van der Waals surface area contributed by atoms with Crippen molar-refractivity contribution in [1.29, 1.82) is 0 Å². The lowest BCUT2D eigenvalue weighted by Gasteiger charge is -2.27. The monoisotopic (exact) mass is 537 g/mol. The molecule has 0 saturated heterocycles. The molecule has 8 nitrogen and oxygen atoms in total. The van der Waals surface area contributed by atoms with Crippen LogP contribution in [0.25, 0.3) is 10.9 Å². The summed E-state index contributed by atoms with van der Waals surface area (Å²) in [4.78, 5) is 30.7. The van der Waals surface area contributed by atoms with E-state index in [0.29, 0.717) is 22.4 Å². The molecule has 2 amide bonds. The molecule has 1 saturated carbocycles. The molecule has 1 fully saturated rings. The van der Waals surface area contributed by atoms with Crippen LogP contribution < -0.4 is 24.8 Å². The third-order valence-electron chi connectivity index (χ3n) is 6.58. The second-order valence-corrected chi connectivity index (χ2v) is 8.94. The Bertz CT molecular complexity index is 1580. The third kappa shape index (κ3) is 4.56. The average molecular weight is 537 g/mol. The number of carbonyl (C=O) groups excluding carboxylic acids is 2. The van der Waals surface area contributed by atoms with Gasteiger partial charge in [0.2, 0.25) is 11.8 Å². The van der Waals surface area contributed by atoms with Gasteiger partial charge in [-0.3, -0.25) is 19.5 Å². The van der Waals surface area contributed by atoms with Gasteiger partial charge < -0.3 is 19.9 Å². The molecule has 0 atom stereocenters. The number of primary amides is 1. The Kier molecular flexibility index (Phi) is 6.51. The SMILES string of the molecule is COc1cc2nccc(Oc3c(F)cc(N(C(=O)C4(C(N)=O)CC4)c4ccc(F)cc4)cc3F)c2cc1OC. The van der Waals surface area contributed by atoms with Crippen molar-refractivity contribution in [1.82, 2.24) is 4.98 Å². The highest BCUT2D eigenvalue weighted by Crippen LogP contribution is 2.49. The minimum Gasteiger partial charge on any atom is -0.493 e. The number of halogens is 3. The largest absolute Gasteiger partial charge is 0.493 e. The minimum atomic E-state index is -1.51. The fraction of sp³-hybridized carbons (Fsp3) is 0.179. The summed E-state index contributed by atoms with van der Waals surface area (Å²) in [6.45, 7) is 0. The van der Waals surface area contributed by atoms with Crippen LogP contribution in [0, 0.1) is 22.9 Å². The highest BCUT2D eigenvalue weighted by Gasteiger charge is 2.57. The number of pyridine rings is 1. The summed E-state index contributed by atoms with van der Waals surface area (Å²) in [6.07, 6.45) is 1.78. The summed E-state index contributed by atoms with van der Waals surface area (Å²) >= 11 is 0. The number of fused-ring (bicyclic) bond motifs is 1. The first kappa shape index (κ1) is 25.8. The van der Waals surface area contributed by atoms with E-state index in [1.54, 1.807) is 12.1 Å². The normalized spacial score (nSPS) is 13.6. The maximum absolute atomic E-state index is 15.4. The molecule has 1 aliphatic rings. The summed E-state index contributed by atoms with van der Waals surface area (Å²) in [5.74, 6) is -4.33. The Balaban J connectivity index is 1.57. The first-order chi connectivity index (χ1) is 18.7. The van der Waals surface area contributed by atoms with E-state index in [0.717, 1.165) is 29.2 Å². The molecular formula is C28H22F3N3O5. The van der Waals surface area contributed by atoms with Crippen molar-refractivity contribution in [2.75, 3.05) is 19.1 Å². The van der Waals surface area contributed by atoms with E-state index < -0.39 is 40.4 Å². The quantitative estimate of drug-likeness (QED) is 0.302. The maximum atomic E-state index is 15.4. The van der Waals surface area contributed by atoms with Crippen LogP contribution in [-0.4, -0.2) is 31.0 Å². The second-order valence-electron chi connectivity index (χ2n) is 8.94. The van der Waals surface area contributed by atoms with Crippen molar-refractivity contribution in [2.45, 2.75) is 12.8 Å². The van der Waals surface area contributed by atoms with Crippen LogP contribution in [0.2, 0.25) is 0 Å². The van der Waals surface area contributed by atoms with Gasteiger partial charge in [0.05, 0.1) is 25.4 Å². The number of nitrogens with two attached hydrogens (primary N) is 1. The minimum absolute atomic E-state index is 0.0867. The molecule has 4 aromatic rings. The number of hydrogen-bond donors (Lipinski definition) is 1. The highest BCUT2D eigenvalue weighted by molar-refractivity contribution is 6.16. The zero-order valence-corrected chi connectivity index (χ0v) is 20.8. The number of anilines is 2. The molecule has 1 aliphatic carbocycles. The van der Waals surface area contributed by atoms with Gasteiger partial charge in [-0.15, -0.1) is 0 Å². The fourth-order valence-corrected chi connectivity index (χ4v) is 4.30. The number of ether oxygens (including phenoxy) is 3. The number of hydrogen-bond acceptors (Lipinski definition) is 6. The summed E-state index contributed by atoms with van der Waals surface area (Å²) in [5, 5.41) is 0.401. The van der Waals surface area contributed by atoms with Crippen LogP contribution in [0.5, 0.6) is 23.0 Å². The van der Waals surface area contributed by atoms with E-state index in [-0.39, 0.29) is 30.0 Å². The molecule has 1 heterocycles. The molecule has 0 radical (unpaired) electrons. The fourth-order valence-electron chi connectivity index (χ4n) is 4.30. The molecule has 11 heteroatoms. The number of aromatic nitrogens is 1. The number of benzene rings is 3. The number of amides is 2. The Morgan fingerprint density at radius 2 is 1.49 bits per heavy atom. The van der Waals surface area contributed by atoms with Gasteiger partial charge in [0.25, 0.3) is 0 Å². The topological polar surface area (TPSA) is 104 Å². The molecule has 200 valence electrons. The Morgan fingerprint density at radius 1 is 0.872 bits per heavy atom.